The maximum atomic E-state index is 12.5. The van der Waals surface area contributed by atoms with Gasteiger partial charge in [0.2, 0.25) is 0 Å². The molecule has 0 bridgehead atoms. The lowest BCUT2D eigenvalue weighted by atomic mass is 10.1. The quantitative estimate of drug-likeness (QED) is 0.469. The molecule has 0 aromatic rings. The molecule has 46 valence electrons. The van der Waals surface area contributed by atoms with Crippen LogP contribution in [-0.4, -0.2) is 0 Å². The number of hydrogen-bond donors (Lipinski definition) is 0. The van der Waals surface area contributed by atoms with E-state index in [0.717, 1.165) is 0 Å². The summed E-state index contributed by atoms with van der Waals surface area (Å²) in [4.78, 5) is 0. The predicted molar refractivity (Wildman–Crippen MR) is 34.6 cm³/mol. The summed E-state index contributed by atoms with van der Waals surface area (Å²) in [5.41, 5.74) is 5.98. The fourth-order valence-electron chi connectivity index (χ4n) is 0.661. The number of rotatable bonds is 1. The second-order valence-electron chi connectivity index (χ2n) is 1.78. The van der Waals surface area contributed by atoms with Gasteiger partial charge in [0.1, 0.15) is 5.83 Å². The van der Waals surface area contributed by atoms with E-state index in [-0.39, 0.29) is 5.83 Å². The summed E-state index contributed by atoms with van der Waals surface area (Å²) in [6.45, 7) is 1.89. The molecular weight excluding hydrogens is 115 g/mol. The van der Waals surface area contributed by atoms with Crippen LogP contribution in [0.25, 0.3) is 0 Å². The van der Waals surface area contributed by atoms with E-state index in [1.54, 1.807) is 0 Å². The van der Waals surface area contributed by atoms with Gasteiger partial charge in [-0.2, -0.15) is 0 Å². The normalized spacial score (nSPS) is 15.3. The van der Waals surface area contributed by atoms with E-state index in [1.165, 1.54) is 12.2 Å². The SMILES string of the molecule is CCC1=C=C=CC=C1F. The third-order valence-electron chi connectivity index (χ3n) is 1.18. The Morgan fingerprint density at radius 2 is 2.44 bits per heavy atom. The molecule has 1 aliphatic rings. The second-order valence-corrected chi connectivity index (χ2v) is 1.78. The van der Waals surface area contributed by atoms with Crippen molar-refractivity contribution in [1.82, 2.24) is 0 Å². The van der Waals surface area contributed by atoms with Crippen molar-refractivity contribution in [2.45, 2.75) is 13.3 Å². The Hall–Kier alpha value is -1.03. The van der Waals surface area contributed by atoms with Crippen LogP contribution in [0, 0.1) is 0 Å². The average Bonchev–Trinajstić information content (AvgIpc) is 1.89. The summed E-state index contributed by atoms with van der Waals surface area (Å²) >= 11 is 0. The zero-order valence-electron chi connectivity index (χ0n) is 5.24. The fraction of sp³-hybridized carbons (Fsp3) is 0.250. The highest BCUT2D eigenvalue weighted by Crippen LogP contribution is 2.14. The summed E-state index contributed by atoms with van der Waals surface area (Å²) in [6, 6.07) is 0. The molecule has 0 N–H and O–H groups in total. The highest BCUT2D eigenvalue weighted by atomic mass is 19.1. The Labute approximate surface area is 53.7 Å². The summed E-state index contributed by atoms with van der Waals surface area (Å²) in [5.74, 6) is -0.184. The van der Waals surface area contributed by atoms with Crippen LogP contribution in [0.4, 0.5) is 4.39 Å². The van der Waals surface area contributed by atoms with Crippen LogP contribution in [0.5, 0.6) is 0 Å². The molecule has 1 rings (SSSR count). The van der Waals surface area contributed by atoms with Crippen LogP contribution in [0.3, 0.4) is 0 Å². The smallest absolute Gasteiger partial charge is 0.135 e. The summed E-state index contributed by atoms with van der Waals surface area (Å²) in [7, 11) is 0. The third kappa shape index (κ3) is 1.20. The van der Waals surface area contributed by atoms with Gasteiger partial charge in [-0.3, -0.25) is 0 Å². The molecule has 0 spiro atoms. The summed E-state index contributed by atoms with van der Waals surface area (Å²) in [5, 5.41) is 0. The first-order valence-corrected chi connectivity index (χ1v) is 2.91. The minimum absolute atomic E-state index is 0.184. The first-order valence-electron chi connectivity index (χ1n) is 2.91. The molecule has 0 heterocycles. The van der Waals surface area contributed by atoms with Gasteiger partial charge in [0, 0.05) is 5.57 Å². The zero-order valence-corrected chi connectivity index (χ0v) is 5.24. The van der Waals surface area contributed by atoms with Crippen LogP contribution in [0.15, 0.2) is 35.0 Å². The molecule has 0 unspecified atom stereocenters. The van der Waals surface area contributed by atoms with Gasteiger partial charge < -0.3 is 0 Å². The highest BCUT2D eigenvalue weighted by molar-refractivity contribution is 5.30. The zero-order chi connectivity index (χ0) is 6.69. The topological polar surface area (TPSA) is 0 Å². The molecule has 9 heavy (non-hydrogen) atoms. The number of hydrogen-bond acceptors (Lipinski definition) is 0. The van der Waals surface area contributed by atoms with Crippen LogP contribution >= 0.6 is 0 Å². The van der Waals surface area contributed by atoms with Crippen LogP contribution < -0.4 is 0 Å². The summed E-state index contributed by atoms with van der Waals surface area (Å²) in [6.07, 6.45) is 3.60. The first-order chi connectivity index (χ1) is 4.34. The van der Waals surface area contributed by atoms with Gasteiger partial charge in [-0.25, -0.2) is 4.39 Å². The van der Waals surface area contributed by atoms with E-state index in [1.807, 2.05) is 6.92 Å². The number of allylic oxidation sites excluding steroid dienone is 4. The predicted octanol–water partition coefficient (Wildman–Crippen LogP) is 2.50. The first kappa shape index (κ1) is 6.10. The van der Waals surface area contributed by atoms with Crippen molar-refractivity contribution in [3.63, 3.8) is 0 Å². The van der Waals surface area contributed by atoms with Crippen molar-refractivity contribution in [2.24, 2.45) is 0 Å². The van der Waals surface area contributed by atoms with Gasteiger partial charge in [-0.05, 0) is 18.6 Å². The van der Waals surface area contributed by atoms with E-state index in [4.69, 9.17) is 0 Å². The van der Waals surface area contributed by atoms with E-state index >= 15 is 0 Å². The average molecular weight is 122 g/mol. The molecule has 0 aromatic carbocycles. The van der Waals surface area contributed by atoms with Gasteiger partial charge in [0.25, 0.3) is 0 Å². The molecule has 1 aliphatic carbocycles. The van der Waals surface area contributed by atoms with Crippen LogP contribution in [-0.2, 0) is 0 Å². The molecular formula is C8H7F. The van der Waals surface area contributed by atoms with Crippen molar-refractivity contribution >= 4 is 0 Å². The van der Waals surface area contributed by atoms with E-state index < -0.39 is 0 Å². The fourth-order valence-corrected chi connectivity index (χ4v) is 0.661. The van der Waals surface area contributed by atoms with E-state index in [2.05, 4.69) is 11.5 Å². The number of halogens is 1. The standard InChI is InChI=1S/C8H7F/c1-2-7-5-3-4-6-8(7)9/h4,6H,2H2,1H3. The lowest BCUT2D eigenvalue weighted by Crippen LogP contribution is -1.80. The molecule has 0 amide bonds. The second kappa shape index (κ2) is 2.50. The van der Waals surface area contributed by atoms with E-state index in [0.29, 0.717) is 12.0 Å². The lowest BCUT2D eigenvalue weighted by Gasteiger charge is -1.95. The Kier molecular flexibility index (Phi) is 1.69. The maximum absolute atomic E-state index is 12.5. The molecule has 0 atom stereocenters. The van der Waals surface area contributed by atoms with Gasteiger partial charge in [-0.15, -0.1) is 0 Å². The van der Waals surface area contributed by atoms with Gasteiger partial charge in [0.05, 0.1) is 0 Å². The largest absolute Gasteiger partial charge is 0.206 e. The molecule has 0 fully saturated rings. The van der Waals surface area contributed by atoms with Crippen molar-refractivity contribution < 1.29 is 4.39 Å². The monoisotopic (exact) mass is 122 g/mol. The highest BCUT2D eigenvalue weighted by Gasteiger charge is 1.99. The van der Waals surface area contributed by atoms with Crippen LogP contribution in [0.1, 0.15) is 13.3 Å². The lowest BCUT2D eigenvalue weighted by molar-refractivity contribution is 0.643. The molecule has 1 heteroatoms. The Bertz CT molecular complexity index is 233. The Morgan fingerprint density at radius 3 is 2.89 bits per heavy atom. The molecule has 0 radical (unpaired) electrons. The summed E-state index contributed by atoms with van der Waals surface area (Å²) < 4.78 is 12.5. The Morgan fingerprint density at radius 1 is 1.67 bits per heavy atom. The van der Waals surface area contributed by atoms with Crippen LogP contribution in [0.2, 0.25) is 0 Å². The van der Waals surface area contributed by atoms with Crippen molar-refractivity contribution in [1.29, 1.82) is 0 Å². The van der Waals surface area contributed by atoms with Crippen molar-refractivity contribution in [3.05, 3.63) is 35.0 Å². The molecule has 0 saturated carbocycles. The molecule has 0 aliphatic heterocycles. The van der Waals surface area contributed by atoms with Crippen molar-refractivity contribution in [3.8, 4) is 0 Å². The van der Waals surface area contributed by atoms with E-state index in [9.17, 15) is 4.39 Å². The van der Waals surface area contributed by atoms with Gasteiger partial charge in [0.15, 0.2) is 0 Å². The van der Waals surface area contributed by atoms with Crippen molar-refractivity contribution in [2.75, 3.05) is 0 Å². The minimum atomic E-state index is -0.184. The molecule has 0 aromatic heterocycles. The Balaban J connectivity index is 3.02. The minimum Gasteiger partial charge on any atom is -0.206 e. The maximum Gasteiger partial charge on any atom is 0.135 e. The molecule has 0 nitrogen and oxygen atoms in total. The van der Waals surface area contributed by atoms with Gasteiger partial charge in [-0.1, -0.05) is 18.4 Å². The molecule has 0 saturated heterocycles. The van der Waals surface area contributed by atoms with Gasteiger partial charge >= 0.3 is 0 Å². The third-order valence-corrected chi connectivity index (χ3v) is 1.18.